The number of hydrogen-bond donors (Lipinski definition) is 0. The molecule has 0 aliphatic rings. The maximum Gasteiger partial charge on any atom is 0.191 e. The molecule has 3 aromatic rings. The number of ether oxygens (including phenoxy) is 2. The zero-order valence-electron chi connectivity index (χ0n) is 15.3. The highest BCUT2D eigenvalue weighted by molar-refractivity contribution is 7.99. The van der Waals surface area contributed by atoms with Crippen molar-refractivity contribution >= 4 is 11.8 Å². The van der Waals surface area contributed by atoms with Crippen LogP contribution < -0.4 is 9.47 Å². The Kier molecular flexibility index (Phi) is 6.17. The first-order valence-corrected chi connectivity index (χ1v) is 9.60. The molecule has 1 heterocycles. The minimum Gasteiger partial charge on any atom is -0.497 e. The fourth-order valence-electron chi connectivity index (χ4n) is 2.67. The number of benzene rings is 2. The lowest BCUT2D eigenvalue weighted by atomic mass is 10.1. The average molecular weight is 369 g/mol. The molecule has 136 valence electrons. The molecule has 0 aliphatic heterocycles. The highest BCUT2D eigenvalue weighted by Gasteiger charge is 2.14. The fourth-order valence-corrected chi connectivity index (χ4v) is 3.49. The number of nitrogens with zero attached hydrogens (tertiary/aromatic N) is 3. The van der Waals surface area contributed by atoms with E-state index < -0.39 is 0 Å². The van der Waals surface area contributed by atoms with E-state index >= 15 is 0 Å². The molecule has 3 rings (SSSR count). The molecule has 0 bridgehead atoms. The summed E-state index contributed by atoms with van der Waals surface area (Å²) >= 11 is 1.66. The van der Waals surface area contributed by atoms with E-state index in [2.05, 4.69) is 40.7 Å². The minimum atomic E-state index is 0.604. The van der Waals surface area contributed by atoms with Gasteiger partial charge in [0.15, 0.2) is 11.0 Å². The third-order valence-electron chi connectivity index (χ3n) is 4.06. The van der Waals surface area contributed by atoms with Crippen LogP contribution in [0.25, 0.3) is 11.4 Å². The second-order valence-corrected chi connectivity index (χ2v) is 6.80. The van der Waals surface area contributed by atoms with Crippen molar-refractivity contribution in [3.05, 3.63) is 54.1 Å². The number of thioether (sulfide) groups is 1. The van der Waals surface area contributed by atoms with Gasteiger partial charge in [-0.25, -0.2) is 0 Å². The normalized spacial score (nSPS) is 10.7. The molecule has 0 saturated heterocycles. The monoisotopic (exact) mass is 369 g/mol. The van der Waals surface area contributed by atoms with E-state index in [0.717, 1.165) is 40.3 Å². The summed E-state index contributed by atoms with van der Waals surface area (Å²) in [5.41, 5.74) is 2.33. The van der Waals surface area contributed by atoms with Crippen molar-refractivity contribution in [2.45, 2.75) is 25.5 Å². The molecule has 0 aliphatic carbocycles. The van der Waals surface area contributed by atoms with Gasteiger partial charge in [0.1, 0.15) is 11.5 Å². The number of rotatable bonds is 8. The zero-order chi connectivity index (χ0) is 18.4. The first-order valence-electron chi connectivity index (χ1n) is 8.61. The Balaban J connectivity index is 1.61. The fraction of sp³-hybridized carbons (Fsp3) is 0.300. The van der Waals surface area contributed by atoms with Crippen LogP contribution in [-0.2, 0) is 6.54 Å². The molecule has 0 atom stereocenters. The molecule has 0 fully saturated rings. The number of aromatic nitrogens is 3. The van der Waals surface area contributed by atoms with Crippen LogP contribution in [0, 0.1) is 6.92 Å². The molecule has 1 aromatic heterocycles. The molecule has 0 unspecified atom stereocenters. The van der Waals surface area contributed by atoms with Crippen LogP contribution in [0.3, 0.4) is 0 Å². The first-order chi connectivity index (χ1) is 12.7. The van der Waals surface area contributed by atoms with Crippen LogP contribution in [0.1, 0.15) is 12.5 Å². The van der Waals surface area contributed by atoms with Crippen LogP contribution in [0.4, 0.5) is 0 Å². The molecular weight excluding hydrogens is 346 g/mol. The Bertz CT molecular complexity index is 847. The van der Waals surface area contributed by atoms with Crippen molar-refractivity contribution < 1.29 is 9.47 Å². The third kappa shape index (κ3) is 4.19. The van der Waals surface area contributed by atoms with E-state index in [1.165, 1.54) is 5.56 Å². The largest absolute Gasteiger partial charge is 0.497 e. The lowest BCUT2D eigenvalue weighted by Crippen LogP contribution is -2.04. The predicted octanol–water partition coefficient (Wildman–Crippen LogP) is 4.45. The van der Waals surface area contributed by atoms with Gasteiger partial charge in [-0.3, -0.25) is 0 Å². The molecule has 0 radical (unpaired) electrons. The molecule has 26 heavy (non-hydrogen) atoms. The standard InChI is InChI=1S/C20H23N3O2S/c1-4-23-19(18-8-6-5-7-15(18)2)21-22-20(23)26-14-13-25-17-11-9-16(24-3)10-12-17/h5-12H,4,13-14H2,1-3H3. The zero-order valence-corrected chi connectivity index (χ0v) is 16.1. The third-order valence-corrected chi connectivity index (χ3v) is 4.99. The van der Waals surface area contributed by atoms with Crippen molar-refractivity contribution in [2.75, 3.05) is 19.5 Å². The lowest BCUT2D eigenvalue weighted by Gasteiger charge is -2.10. The van der Waals surface area contributed by atoms with Gasteiger partial charge in [-0.15, -0.1) is 10.2 Å². The van der Waals surface area contributed by atoms with E-state index in [9.17, 15) is 0 Å². The van der Waals surface area contributed by atoms with Gasteiger partial charge in [0.2, 0.25) is 0 Å². The van der Waals surface area contributed by atoms with E-state index in [1.807, 2.05) is 36.4 Å². The van der Waals surface area contributed by atoms with Crippen LogP contribution >= 0.6 is 11.8 Å². The molecular formula is C20H23N3O2S. The van der Waals surface area contributed by atoms with E-state index in [4.69, 9.17) is 9.47 Å². The second kappa shape index (κ2) is 8.76. The van der Waals surface area contributed by atoms with E-state index in [0.29, 0.717) is 6.61 Å². The summed E-state index contributed by atoms with van der Waals surface area (Å²) in [7, 11) is 1.65. The molecule has 0 saturated carbocycles. The number of aryl methyl sites for hydroxylation is 1. The predicted molar refractivity (Wildman–Crippen MR) is 105 cm³/mol. The maximum absolute atomic E-state index is 5.78. The summed E-state index contributed by atoms with van der Waals surface area (Å²) in [5, 5.41) is 9.71. The molecule has 5 nitrogen and oxygen atoms in total. The number of hydrogen-bond acceptors (Lipinski definition) is 5. The van der Waals surface area contributed by atoms with Crippen LogP contribution in [0.2, 0.25) is 0 Å². The van der Waals surface area contributed by atoms with Crippen molar-refractivity contribution in [3.8, 4) is 22.9 Å². The van der Waals surface area contributed by atoms with Gasteiger partial charge in [-0.2, -0.15) is 0 Å². The second-order valence-electron chi connectivity index (χ2n) is 5.74. The lowest BCUT2D eigenvalue weighted by molar-refractivity contribution is 0.342. The van der Waals surface area contributed by atoms with Gasteiger partial charge in [0.05, 0.1) is 13.7 Å². The van der Waals surface area contributed by atoms with E-state index in [1.54, 1.807) is 18.9 Å². The van der Waals surface area contributed by atoms with Crippen LogP contribution in [0.5, 0.6) is 11.5 Å². The Morgan fingerprint density at radius 3 is 2.42 bits per heavy atom. The van der Waals surface area contributed by atoms with Crippen molar-refractivity contribution in [1.82, 2.24) is 14.8 Å². The Morgan fingerprint density at radius 1 is 1.00 bits per heavy atom. The molecule has 2 aromatic carbocycles. The first kappa shape index (κ1) is 18.3. The average Bonchev–Trinajstić information content (AvgIpc) is 3.08. The van der Waals surface area contributed by atoms with Crippen molar-refractivity contribution in [3.63, 3.8) is 0 Å². The van der Waals surface area contributed by atoms with Gasteiger partial charge < -0.3 is 14.0 Å². The van der Waals surface area contributed by atoms with Gasteiger partial charge in [0.25, 0.3) is 0 Å². The van der Waals surface area contributed by atoms with Crippen molar-refractivity contribution in [2.24, 2.45) is 0 Å². The molecule has 6 heteroatoms. The summed E-state index contributed by atoms with van der Waals surface area (Å²) in [5.74, 6) is 3.39. The van der Waals surface area contributed by atoms with Crippen molar-refractivity contribution in [1.29, 1.82) is 0 Å². The minimum absolute atomic E-state index is 0.604. The van der Waals surface area contributed by atoms with Gasteiger partial charge in [-0.1, -0.05) is 36.0 Å². The Labute approximate surface area is 158 Å². The molecule has 0 amide bonds. The van der Waals surface area contributed by atoms with Gasteiger partial charge in [0, 0.05) is 17.9 Å². The quantitative estimate of drug-likeness (QED) is 0.434. The molecule has 0 N–H and O–H groups in total. The Hall–Kier alpha value is -2.47. The maximum atomic E-state index is 5.78. The Morgan fingerprint density at radius 2 is 1.73 bits per heavy atom. The highest BCUT2D eigenvalue weighted by atomic mass is 32.2. The number of methoxy groups -OCH3 is 1. The smallest absolute Gasteiger partial charge is 0.191 e. The summed E-state index contributed by atoms with van der Waals surface area (Å²) in [6.45, 7) is 5.65. The summed E-state index contributed by atoms with van der Waals surface area (Å²) in [6, 6.07) is 15.9. The topological polar surface area (TPSA) is 49.2 Å². The summed E-state index contributed by atoms with van der Waals surface area (Å²) in [6.07, 6.45) is 0. The summed E-state index contributed by atoms with van der Waals surface area (Å²) < 4.78 is 13.1. The van der Waals surface area contributed by atoms with Crippen LogP contribution in [0.15, 0.2) is 53.7 Å². The highest BCUT2D eigenvalue weighted by Crippen LogP contribution is 2.26. The van der Waals surface area contributed by atoms with Gasteiger partial charge in [-0.05, 0) is 43.7 Å². The molecule has 0 spiro atoms. The van der Waals surface area contributed by atoms with E-state index in [-0.39, 0.29) is 0 Å². The van der Waals surface area contributed by atoms with Gasteiger partial charge >= 0.3 is 0 Å². The SMILES string of the molecule is CCn1c(SCCOc2ccc(OC)cc2)nnc1-c1ccccc1C. The van der Waals surface area contributed by atoms with Crippen LogP contribution in [-0.4, -0.2) is 34.2 Å². The summed E-state index contributed by atoms with van der Waals surface area (Å²) in [4.78, 5) is 0.